The Kier molecular flexibility index (Phi) is 6.14. The van der Waals surface area contributed by atoms with Gasteiger partial charge in [0.15, 0.2) is 0 Å². The molecule has 0 aromatic carbocycles. The summed E-state index contributed by atoms with van der Waals surface area (Å²) in [4.78, 5) is 23.0. The second-order valence-electron chi connectivity index (χ2n) is 8.51. The molecule has 1 aliphatic heterocycles. The molecule has 1 saturated heterocycles. The van der Waals surface area contributed by atoms with E-state index in [1.165, 1.54) is 26.4 Å². The van der Waals surface area contributed by atoms with Gasteiger partial charge >= 0.3 is 5.97 Å². The van der Waals surface area contributed by atoms with Crippen LogP contribution < -0.4 is 0 Å². The van der Waals surface area contributed by atoms with Crippen molar-refractivity contribution in [3.8, 4) is 0 Å². The molecular weight excluding hydrogens is 304 g/mol. The molecule has 0 spiro atoms. The average Bonchev–Trinajstić information content (AvgIpc) is 2.53. The van der Waals surface area contributed by atoms with Crippen molar-refractivity contribution in [2.45, 2.75) is 91.3 Å². The van der Waals surface area contributed by atoms with E-state index < -0.39 is 0 Å². The lowest BCUT2D eigenvalue weighted by Gasteiger charge is -2.40. The van der Waals surface area contributed by atoms with Gasteiger partial charge in [-0.15, -0.1) is 0 Å². The van der Waals surface area contributed by atoms with E-state index in [0.717, 1.165) is 25.7 Å². The van der Waals surface area contributed by atoms with E-state index in [9.17, 15) is 4.79 Å². The van der Waals surface area contributed by atoms with E-state index in [1.807, 2.05) is 6.92 Å². The molecule has 0 radical (unpaired) electrons. The lowest BCUT2D eigenvalue weighted by Crippen LogP contribution is -2.42. The number of hydrogen-bond acceptors (Lipinski definition) is 4. The molecule has 0 aromatic heterocycles. The van der Waals surface area contributed by atoms with Crippen molar-refractivity contribution < 1.29 is 19.3 Å². The van der Waals surface area contributed by atoms with Gasteiger partial charge in [-0.25, -0.2) is 9.78 Å². The fourth-order valence-electron chi connectivity index (χ4n) is 4.17. The zero-order chi connectivity index (χ0) is 18.0. The zero-order valence-corrected chi connectivity index (χ0v) is 16.2. The number of esters is 1. The number of hydrogen-bond donors (Lipinski definition) is 0. The SMILES string of the molecule is COC(=O)[C@@H](C)[C@@H]1CC[C@](C)(CCC2=C(C)CCCC2(C)C)OO1. The lowest BCUT2D eigenvalue weighted by molar-refractivity contribution is -0.411. The summed E-state index contributed by atoms with van der Waals surface area (Å²) in [6, 6.07) is 0. The van der Waals surface area contributed by atoms with Gasteiger partial charge in [0.25, 0.3) is 0 Å². The van der Waals surface area contributed by atoms with E-state index in [2.05, 4.69) is 27.7 Å². The van der Waals surface area contributed by atoms with E-state index >= 15 is 0 Å². The highest BCUT2D eigenvalue weighted by atomic mass is 17.2. The lowest BCUT2D eigenvalue weighted by atomic mass is 9.70. The van der Waals surface area contributed by atoms with E-state index in [0.29, 0.717) is 5.41 Å². The number of methoxy groups -OCH3 is 1. The molecule has 0 amide bonds. The number of allylic oxidation sites excluding steroid dienone is 2. The summed E-state index contributed by atoms with van der Waals surface area (Å²) in [5, 5.41) is 0. The van der Waals surface area contributed by atoms with Crippen molar-refractivity contribution in [1.82, 2.24) is 0 Å². The molecular formula is C20H34O4. The molecule has 0 N–H and O–H groups in total. The summed E-state index contributed by atoms with van der Waals surface area (Å²) >= 11 is 0. The summed E-state index contributed by atoms with van der Waals surface area (Å²) in [5.74, 6) is -0.529. The minimum Gasteiger partial charge on any atom is -0.469 e. The largest absolute Gasteiger partial charge is 0.469 e. The third kappa shape index (κ3) is 4.40. The van der Waals surface area contributed by atoms with Crippen LogP contribution in [0, 0.1) is 11.3 Å². The van der Waals surface area contributed by atoms with Crippen molar-refractivity contribution in [3.63, 3.8) is 0 Å². The molecule has 4 nitrogen and oxygen atoms in total. The highest BCUT2D eigenvalue weighted by Crippen LogP contribution is 2.44. The maximum atomic E-state index is 11.6. The Labute approximate surface area is 146 Å². The molecule has 1 heterocycles. The Hall–Kier alpha value is -0.870. The summed E-state index contributed by atoms with van der Waals surface area (Å²) in [6.45, 7) is 11.0. The fourth-order valence-corrected chi connectivity index (χ4v) is 4.17. The predicted octanol–water partition coefficient (Wildman–Crippen LogP) is 4.97. The molecule has 2 rings (SSSR count). The van der Waals surface area contributed by atoms with E-state index in [1.54, 1.807) is 11.1 Å². The monoisotopic (exact) mass is 338 g/mol. The minimum atomic E-state index is -0.290. The molecule has 4 heteroatoms. The molecule has 1 fully saturated rings. The van der Waals surface area contributed by atoms with E-state index in [4.69, 9.17) is 14.5 Å². The first-order valence-corrected chi connectivity index (χ1v) is 9.30. The van der Waals surface area contributed by atoms with Crippen LogP contribution in [0.2, 0.25) is 0 Å². The Morgan fingerprint density at radius 2 is 2.04 bits per heavy atom. The average molecular weight is 338 g/mol. The van der Waals surface area contributed by atoms with Crippen LogP contribution in [0.5, 0.6) is 0 Å². The molecule has 24 heavy (non-hydrogen) atoms. The number of rotatable bonds is 5. The second-order valence-corrected chi connectivity index (χ2v) is 8.51. The van der Waals surface area contributed by atoms with Crippen molar-refractivity contribution >= 4 is 5.97 Å². The van der Waals surface area contributed by atoms with Crippen LogP contribution in [0.3, 0.4) is 0 Å². The van der Waals surface area contributed by atoms with Gasteiger partial charge in [0, 0.05) is 0 Å². The highest BCUT2D eigenvalue weighted by molar-refractivity contribution is 5.72. The fraction of sp³-hybridized carbons (Fsp3) is 0.850. The van der Waals surface area contributed by atoms with Gasteiger partial charge in [-0.3, -0.25) is 4.79 Å². The Morgan fingerprint density at radius 3 is 2.58 bits per heavy atom. The number of carbonyl (C=O) groups excluding carboxylic acids is 1. The van der Waals surface area contributed by atoms with Crippen LogP contribution in [0.4, 0.5) is 0 Å². The summed E-state index contributed by atoms with van der Waals surface area (Å²) < 4.78 is 4.80. The molecule has 0 saturated carbocycles. The smallest absolute Gasteiger partial charge is 0.311 e. The molecule has 3 atom stereocenters. The molecule has 0 bridgehead atoms. The van der Waals surface area contributed by atoms with Crippen molar-refractivity contribution in [2.24, 2.45) is 11.3 Å². The van der Waals surface area contributed by atoms with Gasteiger partial charge in [-0.05, 0) is 71.1 Å². The van der Waals surface area contributed by atoms with Crippen LogP contribution in [-0.4, -0.2) is 24.8 Å². The summed E-state index contributed by atoms with van der Waals surface area (Å²) in [7, 11) is 1.41. The topological polar surface area (TPSA) is 44.8 Å². The van der Waals surface area contributed by atoms with E-state index in [-0.39, 0.29) is 23.6 Å². The third-order valence-electron chi connectivity index (χ3n) is 6.05. The van der Waals surface area contributed by atoms with Crippen LogP contribution >= 0.6 is 0 Å². The summed E-state index contributed by atoms with van der Waals surface area (Å²) in [6.07, 6.45) is 7.35. The first kappa shape index (κ1) is 19.5. The first-order chi connectivity index (χ1) is 11.2. The maximum Gasteiger partial charge on any atom is 0.311 e. The quantitative estimate of drug-likeness (QED) is 0.403. The molecule has 2 aliphatic rings. The standard InChI is InChI=1S/C20H34O4/c1-14-8-7-11-19(3,4)16(14)9-12-20(5)13-10-17(23-24-20)15(2)18(21)22-6/h15,17H,7-13H2,1-6H3/t15-,17-,20-/m0/s1. The van der Waals surface area contributed by atoms with Crippen LogP contribution in [-0.2, 0) is 19.3 Å². The van der Waals surface area contributed by atoms with Gasteiger partial charge in [-0.1, -0.05) is 25.0 Å². The predicted molar refractivity (Wildman–Crippen MR) is 94.3 cm³/mol. The Morgan fingerprint density at radius 1 is 1.33 bits per heavy atom. The van der Waals surface area contributed by atoms with Gasteiger partial charge in [0.05, 0.1) is 13.0 Å². The van der Waals surface area contributed by atoms with Crippen molar-refractivity contribution in [1.29, 1.82) is 0 Å². The third-order valence-corrected chi connectivity index (χ3v) is 6.05. The molecule has 0 aromatic rings. The van der Waals surface area contributed by atoms with Crippen LogP contribution in [0.25, 0.3) is 0 Å². The van der Waals surface area contributed by atoms with Gasteiger partial charge in [-0.2, -0.15) is 0 Å². The highest BCUT2D eigenvalue weighted by Gasteiger charge is 2.39. The molecule has 1 aliphatic carbocycles. The zero-order valence-electron chi connectivity index (χ0n) is 16.2. The van der Waals surface area contributed by atoms with Crippen LogP contribution in [0.1, 0.15) is 79.6 Å². The first-order valence-electron chi connectivity index (χ1n) is 9.30. The van der Waals surface area contributed by atoms with Gasteiger partial charge in [0.2, 0.25) is 0 Å². The van der Waals surface area contributed by atoms with Crippen molar-refractivity contribution in [3.05, 3.63) is 11.1 Å². The number of carbonyl (C=O) groups is 1. The Balaban J connectivity index is 1.91. The maximum absolute atomic E-state index is 11.6. The second kappa shape index (κ2) is 7.57. The number of ether oxygens (including phenoxy) is 1. The van der Waals surface area contributed by atoms with Gasteiger partial charge < -0.3 is 4.74 Å². The minimum absolute atomic E-state index is 0.211. The normalized spacial score (nSPS) is 31.7. The summed E-state index contributed by atoms with van der Waals surface area (Å²) in [5.41, 5.74) is 3.19. The Bertz CT molecular complexity index is 484. The van der Waals surface area contributed by atoms with Crippen LogP contribution in [0.15, 0.2) is 11.1 Å². The molecule has 138 valence electrons. The van der Waals surface area contributed by atoms with Gasteiger partial charge in [0.1, 0.15) is 11.7 Å². The van der Waals surface area contributed by atoms with Crippen molar-refractivity contribution in [2.75, 3.05) is 7.11 Å². The molecule has 0 unspecified atom stereocenters.